The highest BCUT2D eigenvalue weighted by Gasteiger charge is 2.13. The Hall–Kier alpha value is -2.03. The van der Waals surface area contributed by atoms with Crippen LogP contribution in [0, 0.1) is 0 Å². The SMILES string of the molecule is COc1c(C=O)cc2ccccc2c1OC. The van der Waals surface area contributed by atoms with Crippen molar-refractivity contribution < 1.29 is 14.3 Å². The Balaban J connectivity index is 2.87. The van der Waals surface area contributed by atoms with Crippen molar-refractivity contribution in [2.45, 2.75) is 0 Å². The highest BCUT2D eigenvalue weighted by atomic mass is 16.5. The van der Waals surface area contributed by atoms with E-state index in [4.69, 9.17) is 9.47 Å². The van der Waals surface area contributed by atoms with Gasteiger partial charge in [0, 0.05) is 5.39 Å². The van der Waals surface area contributed by atoms with Crippen molar-refractivity contribution in [2.75, 3.05) is 14.2 Å². The van der Waals surface area contributed by atoms with Gasteiger partial charge in [-0.25, -0.2) is 0 Å². The summed E-state index contributed by atoms with van der Waals surface area (Å²) in [4.78, 5) is 11.0. The third kappa shape index (κ3) is 1.50. The van der Waals surface area contributed by atoms with Gasteiger partial charge in [-0.05, 0) is 11.5 Å². The van der Waals surface area contributed by atoms with Gasteiger partial charge in [0.05, 0.1) is 19.8 Å². The second kappa shape index (κ2) is 4.23. The molecule has 2 aromatic rings. The molecule has 0 aliphatic rings. The molecule has 0 unspecified atom stereocenters. The summed E-state index contributed by atoms with van der Waals surface area (Å²) in [6.45, 7) is 0. The van der Waals surface area contributed by atoms with E-state index >= 15 is 0 Å². The van der Waals surface area contributed by atoms with E-state index in [-0.39, 0.29) is 0 Å². The molecule has 3 nitrogen and oxygen atoms in total. The first-order valence-corrected chi connectivity index (χ1v) is 4.90. The van der Waals surface area contributed by atoms with E-state index in [1.54, 1.807) is 13.2 Å². The lowest BCUT2D eigenvalue weighted by molar-refractivity contribution is 0.112. The number of hydrogen-bond donors (Lipinski definition) is 0. The first kappa shape index (κ1) is 10.5. The molecule has 0 fully saturated rings. The van der Waals surface area contributed by atoms with Crippen LogP contribution < -0.4 is 9.47 Å². The molecule has 0 spiro atoms. The average Bonchev–Trinajstić information content (AvgIpc) is 2.36. The minimum Gasteiger partial charge on any atom is -0.492 e. The molecule has 16 heavy (non-hydrogen) atoms. The molecular weight excluding hydrogens is 204 g/mol. The van der Waals surface area contributed by atoms with Crippen LogP contribution in [0.3, 0.4) is 0 Å². The van der Waals surface area contributed by atoms with E-state index < -0.39 is 0 Å². The first-order valence-electron chi connectivity index (χ1n) is 4.90. The number of carbonyl (C=O) groups excluding carboxylic acids is 1. The summed E-state index contributed by atoms with van der Waals surface area (Å²) < 4.78 is 10.5. The van der Waals surface area contributed by atoms with Gasteiger partial charge in [-0.1, -0.05) is 24.3 Å². The van der Waals surface area contributed by atoms with E-state index in [1.807, 2.05) is 24.3 Å². The fourth-order valence-corrected chi connectivity index (χ4v) is 1.82. The first-order chi connectivity index (χ1) is 7.81. The summed E-state index contributed by atoms with van der Waals surface area (Å²) >= 11 is 0. The maximum Gasteiger partial charge on any atom is 0.171 e. The lowest BCUT2D eigenvalue weighted by Crippen LogP contribution is -1.96. The zero-order valence-electron chi connectivity index (χ0n) is 9.19. The Morgan fingerprint density at radius 3 is 2.38 bits per heavy atom. The van der Waals surface area contributed by atoms with E-state index in [0.29, 0.717) is 17.1 Å². The number of rotatable bonds is 3. The molecule has 0 radical (unpaired) electrons. The van der Waals surface area contributed by atoms with Gasteiger partial charge < -0.3 is 9.47 Å². The summed E-state index contributed by atoms with van der Waals surface area (Å²) in [6, 6.07) is 9.51. The smallest absolute Gasteiger partial charge is 0.171 e. The molecule has 2 rings (SSSR count). The summed E-state index contributed by atoms with van der Waals surface area (Å²) in [5.74, 6) is 1.08. The Kier molecular flexibility index (Phi) is 2.77. The number of aldehydes is 1. The lowest BCUT2D eigenvalue weighted by Gasteiger charge is -2.12. The second-order valence-corrected chi connectivity index (χ2v) is 3.37. The van der Waals surface area contributed by atoms with Crippen molar-refractivity contribution in [1.29, 1.82) is 0 Å². The summed E-state index contributed by atoms with van der Waals surface area (Å²) in [6.07, 6.45) is 0.772. The van der Waals surface area contributed by atoms with Crippen LogP contribution in [0.25, 0.3) is 10.8 Å². The molecule has 82 valence electrons. The van der Waals surface area contributed by atoms with Gasteiger partial charge in [0.25, 0.3) is 0 Å². The van der Waals surface area contributed by atoms with Crippen LogP contribution in [0.4, 0.5) is 0 Å². The normalized spacial score (nSPS) is 10.1. The van der Waals surface area contributed by atoms with Crippen molar-refractivity contribution in [1.82, 2.24) is 0 Å². The van der Waals surface area contributed by atoms with Gasteiger partial charge in [0.1, 0.15) is 0 Å². The molecule has 0 aliphatic heterocycles. The Bertz CT molecular complexity index is 532. The summed E-state index contributed by atoms with van der Waals surface area (Å²) in [5, 5.41) is 1.90. The minimum absolute atomic E-state index is 0.483. The molecule has 0 aliphatic carbocycles. The molecule has 0 N–H and O–H groups in total. The number of carbonyl (C=O) groups is 1. The molecule has 0 saturated carbocycles. The van der Waals surface area contributed by atoms with Crippen molar-refractivity contribution in [2.24, 2.45) is 0 Å². The predicted octanol–water partition coefficient (Wildman–Crippen LogP) is 2.67. The fraction of sp³-hybridized carbons (Fsp3) is 0.154. The zero-order valence-corrected chi connectivity index (χ0v) is 9.19. The van der Waals surface area contributed by atoms with Crippen LogP contribution >= 0.6 is 0 Å². The van der Waals surface area contributed by atoms with Gasteiger partial charge in [-0.15, -0.1) is 0 Å². The highest BCUT2D eigenvalue weighted by Crippen LogP contribution is 2.37. The molecule has 0 atom stereocenters. The van der Waals surface area contributed by atoms with Gasteiger partial charge in [0.2, 0.25) is 0 Å². The van der Waals surface area contributed by atoms with E-state index in [0.717, 1.165) is 17.1 Å². The van der Waals surface area contributed by atoms with Crippen LogP contribution in [0.5, 0.6) is 11.5 Å². The molecule has 0 aromatic heterocycles. The Labute approximate surface area is 93.6 Å². The van der Waals surface area contributed by atoms with Crippen molar-refractivity contribution in [3.05, 3.63) is 35.9 Å². The molecule has 0 amide bonds. The largest absolute Gasteiger partial charge is 0.492 e. The molecular formula is C13H12O3. The number of benzene rings is 2. The van der Waals surface area contributed by atoms with Gasteiger partial charge in [-0.3, -0.25) is 4.79 Å². The van der Waals surface area contributed by atoms with Crippen LogP contribution in [-0.2, 0) is 0 Å². The number of ether oxygens (including phenoxy) is 2. The van der Waals surface area contributed by atoms with Gasteiger partial charge >= 0.3 is 0 Å². The standard InChI is InChI=1S/C13H12O3/c1-15-12-10(8-14)7-9-5-3-4-6-11(9)13(12)16-2/h3-8H,1-2H3. The van der Waals surface area contributed by atoms with Gasteiger partial charge in [-0.2, -0.15) is 0 Å². The maximum atomic E-state index is 11.0. The van der Waals surface area contributed by atoms with Gasteiger partial charge in [0.15, 0.2) is 17.8 Å². The number of hydrogen-bond acceptors (Lipinski definition) is 3. The van der Waals surface area contributed by atoms with Crippen LogP contribution in [0.2, 0.25) is 0 Å². The predicted molar refractivity (Wildman–Crippen MR) is 62.4 cm³/mol. The summed E-state index contributed by atoms with van der Waals surface area (Å²) in [5.41, 5.74) is 0.498. The molecule has 0 bridgehead atoms. The fourth-order valence-electron chi connectivity index (χ4n) is 1.82. The van der Waals surface area contributed by atoms with Crippen molar-refractivity contribution >= 4 is 17.1 Å². The Morgan fingerprint density at radius 1 is 1.06 bits per heavy atom. The molecule has 3 heteroatoms. The molecule has 2 aromatic carbocycles. The number of methoxy groups -OCH3 is 2. The lowest BCUT2D eigenvalue weighted by atomic mass is 10.1. The van der Waals surface area contributed by atoms with Crippen molar-refractivity contribution in [3.63, 3.8) is 0 Å². The number of fused-ring (bicyclic) bond motifs is 1. The van der Waals surface area contributed by atoms with E-state index in [1.165, 1.54) is 7.11 Å². The van der Waals surface area contributed by atoms with Crippen LogP contribution in [-0.4, -0.2) is 20.5 Å². The van der Waals surface area contributed by atoms with Crippen molar-refractivity contribution in [3.8, 4) is 11.5 Å². The Morgan fingerprint density at radius 2 is 1.75 bits per heavy atom. The quantitative estimate of drug-likeness (QED) is 0.740. The van der Waals surface area contributed by atoms with E-state index in [9.17, 15) is 4.79 Å². The monoisotopic (exact) mass is 216 g/mol. The van der Waals surface area contributed by atoms with Crippen LogP contribution in [0.1, 0.15) is 10.4 Å². The second-order valence-electron chi connectivity index (χ2n) is 3.37. The highest BCUT2D eigenvalue weighted by molar-refractivity contribution is 5.97. The van der Waals surface area contributed by atoms with E-state index in [2.05, 4.69) is 0 Å². The van der Waals surface area contributed by atoms with Crippen LogP contribution in [0.15, 0.2) is 30.3 Å². The molecule has 0 saturated heterocycles. The third-order valence-electron chi connectivity index (χ3n) is 2.52. The minimum atomic E-state index is 0.483. The topological polar surface area (TPSA) is 35.5 Å². The zero-order chi connectivity index (χ0) is 11.5. The average molecular weight is 216 g/mol. The third-order valence-corrected chi connectivity index (χ3v) is 2.52. The summed E-state index contributed by atoms with van der Waals surface area (Å²) in [7, 11) is 3.10. The molecule has 0 heterocycles. The maximum absolute atomic E-state index is 11.0.